The molecule has 0 aromatic carbocycles. The van der Waals surface area contributed by atoms with Gasteiger partial charge in [0.05, 0.1) is 0 Å². The summed E-state index contributed by atoms with van der Waals surface area (Å²) in [6.07, 6.45) is -2.66. The van der Waals surface area contributed by atoms with Gasteiger partial charge in [0.2, 0.25) is 0 Å². The van der Waals surface area contributed by atoms with Gasteiger partial charge in [0.25, 0.3) is 0 Å². The largest absolute Gasteiger partial charge is 0.445 e. The van der Waals surface area contributed by atoms with Gasteiger partial charge in [-0.2, -0.15) is 13.2 Å². The molecule has 1 fully saturated rings. The number of nitrogens with zero attached hydrogens (tertiary/aromatic N) is 1. The summed E-state index contributed by atoms with van der Waals surface area (Å²) in [5, 5.41) is 3.12. The van der Waals surface area contributed by atoms with Gasteiger partial charge in [-0.05, 0) is 26.3 Å². The molecule has 0 aliphatic carbocycles. The number of halogens is 3. The maximum absolute atomic E-state index is 12.5. The van der Waals surface area contributed by atoms with Crippen LogP contribution in [0.1, 0.15) is 36.1 Å². The molecule has 90 valence electrons. The molecule has 0 spiro atoms. The van der Waals surface area contributed by atoms with Crippen molar-refractivity contribution in [2.45, 2.75) is 31.9 Å². The quantitative estimate of drug-likeness (QED) is 0.811. The van der Waals surface area contributed by atoms with E-state index in [1.54, 1.807) is 0 Å². The summed E-state index contributed by atoms with van der Waals surface area (Å²) in [6.45, 7) is 2.84. The fourth-order valence-corrected chi connectivity index (χ4v) is 1.92. The fraction of sp³-hybridized carbons (Fsp3) is 0.700. The van der Waals surface area contributed by atoms with Crippen LogP contribution >= 0.6 is 0 Å². The van der Waals surface area contributed by atoms with Crippen molar-refractivity contribution in [3.8, 4) is 0 Å². The highest BCUT2D eigenvalue weighted by Gasteiger charge is 2.38. The van der Waals surface area contributed by atoms with Crippen LogP contribution in [-0.4, -0.2) is 18.1 Å². The Labute approximate surface area is 91.0 Å². The number of aryl methyl sites for hydroxylation is 1. The van der Waals surface area contributed by atoms with E-state index >= 15 is 0 Å². The molecule has 1 atom stereocenters. The monoisotopic (exact) mass is 234 g/mol. The van der Waals surface area contributed by atoms with E-state index in [2.05, 4.69) is 10.3 Å². The Bertz CT molecular complexity index is 367. The predicted molar refractivity (Wildman–Crippen MR) is 51.1 cm³/mol. The van der Waals surface area contributed by atoms with Crippen LogP contribution in [0.4, 0.5) is 13.2 Å². The number of aromatic nitrogens is 1. The Balaban J connectivity index is 2.23. The van der Waals surface area contributed by atoms with Crippen LogP contribution in [0.3, 0.4) is 0 Å². The number of hydrogen-bond donors (Lipinski definition) is 1. The normalized spacial score (nSPS) is 22.4. The Morgan fingerprint density at radius 2 is 2.19 bits per heavy atom. The molecule has 1 aromatic heterocycles. The number of alkyl halides is 3. The summed E-state index contributed by atoms with van der Waals surface area (Å²) in [5.74, 6) is 0.0219. The smallest absolute Gasteiger partial charge is 0.436 e. The second-order valence-electron chi connectivity index (χ2n) is 4.00. The third kappa shape index (κ3) is 2.21. The molecular formula is C10H13F3N2O. The van der Waals surface area contributed by atoms with Gasteiger partial charge in [-0.3, -0.25) is 0 Å². The van der Waals surface area contributed by atoms with Crippen molar-refractivity contribution in [1.29, 1.82) is 0 Å². The molecule has 1 aromatic rings. The third-order valence-electron chi connectivity index (χ3n) is 2.73. The summed E-state index contributed by atoms with van der Waals surface area (Å²) >= 11 is 0. The highest BCUT2D eigenvalue weighted by molar-refractivity contribution is 5.14. The van der Waals surface area contributed by atoms with E-state index in [-0.39, 0.29) is 17.6 Å². The molecule has 2 heterocycles. The highest BCUT2D eigenvalue weighted by Crippen LogP contribution is 2.33. The third-order valence-corrected chi connectivity index (χ3v) is 2.73. The molecule has 6 heteroatoms. The number of rotatable bonds is 1. The minimum atomic E-state index is -4.42. The van der Waals surface area contributed by atoms with E-state index in [0.29, 0.717) is 6.54 Å². The lowest BCUT2D eigenvalue weighted by Crippen LogP contribution is -2.28. The Morgan fingerprint density at radius 3 is 2.69 bits per heavy atom. The van der Waals surface area contributed by atoms with Gasteiger partial charge >= 0.3 is 6.18 Å². The molecule has 0 bridgehead atoms. The molecule has 0 radical (unpaired) electrons. The molecule has 0 amide bonds. The maximum Gasteiger partial charge on any atom is 0.436 e. The van der Waals surface area contributed by atoms with E-state index in [0.717, 1.165) is 19.4 Å². The number of hydrogen-bond acceptors (Lipinski definition) is 3. The molecule has 1 aliphatic heterocycles. The molecule has 1 saturated heterocycles. The second kappa shape index (κ2) is 4.08. The summed E-state index contributed by atoms with van der Waals surface area (Å²) in [7, 11) is 0. The SMILES string of the molecule is Cc1oc(C2CCCNC2)nc1C(F)(F)F. The molecule has 0 saturated carbocycles. The minimum absolute atomic E-state index is 0.0384. The van der Waals surface area contributed by atoms with Crippen molar-refractivity contribution >= 4 is 0 Å². The highest BCUT2D eigenvalue weighted by atomic mass is 19.4. The molecular weight excluding hydrogens is 221 g/mol. The van der Waals surface area contributed by atoms with Crippen LogP contribution in [0.2, 0.25) is 0 Å². The summed E-state index contributed by atoms with van der Waals surface area (Å²) < 4.78 is 42.6. The zero-order valence-corrected chi connectivity index (χ0v) is 8.90. The van der Waals surface area contributed by atoms with E-state index in [9.17, 15) is 13.2 Å². The fourth-order valence-electron chi connectivity index (χ4n) is 1.92. The Hall–Kier alpha value is -1.04. The van der Waals surface area contributed by atoms with Crippen molar-refractivity contribution in [3.05, 3.63) is 17.3 Å². The van der Waals surface area contributed by atoms with Gasteiger partial charge in [0.1, 0.15) is 5.76 Å². The number of oxazole rings is 1. The first-order valence-corrected chi connectivity index (χ1v) is 5.23. The average molecular weight is 234 g/mol. The van der Waals surface area contributed by atoms with E-state index in [4.69, 9.17) is 4.42 Å². The first-order valence-electron chi connectivity index (χ1n) is 5.23. The van der Waals surface area contributed by atoms with Crippen LogP contribution in [0.25, 0.3) is 0 Å². The second-order valence-corrected chi connectivity index (χ2v) is 4.00. The zero-order valence-electron chi connectivity index (χ0n) is 8.90. The maximum atomic E-state index is 12.5. The lowest BCUT2D eigenvalue weighted by atomic mass is 10.00. The first-order chi connectivity index (χ1) is 7.48. The average Bonchev–Trinajstić information content (AvgIpc) is 2.61. The van der Waals surface area contributed by atoms with Crippen molar-refractivity contribution in [2.75, 3.05) is 13.1 Å². The van der Waals surface area contributed by atoms with Crippen molar-refractivity contribution in [1.82, 2.24) is 10.3 Å². The van der Waals surface area contributed by atoms with Gasteiger partial charge in [0.15, 0.2) is 11.6 Å². The summed E-state index contributed by atoms with van der Waals surface area (Å²) in [6, 6.07) is 0. The summed E-state index contributed by atoms with van der Waals surface area (Å²) in [5.41, 5.74) is -0.895. The van der Waals surface area contributed by atoms with Gasteiger partial charge in [-0.1, -0.05) is 0 Å². The minimum Gasteiger partial charge on any atom is -0.445 e. The van der Waals surface area contributed by atoms with Crippen molar-refractivity contribution in [3.63, 3.8) is 0 Å². The predicted octanol–water partition coefficient (Wildman–Crippen LogP) is 2.47. The van der Waals surface area contributed by atoms with Crippen LogP contribution < -0.4 is 5.32 Å². The molecule has 1 aliphatic rings. The Morgan fingerprint density at radius 1 is 1.44 bits per heavy atom. The lowest BCUT2D eigenvalue weighted by molar-refractivity contribution is -0.141. The molecule has 2 rings (SSSR count). The van der Waals surface area contributed by atoms with Gasteiger partial charge in [0, 0.05) is 12.5 Å². The zero-order chi connectivity index (χ0) is 11.8. The molecule has 3 nitrogen and oxygen atoms in total. The van der Waals surface area contributed by atoms with Crippen LogP contribution in [-0.2, 0) is 6.18 Å². The Kier molecular flexibility index (Phi) is 2.92. The van der Waals surface area contributed by atoms with Gasteiger partial charge < -0.3 is 9.73 Å². The van der Waals surface area contributed by atoms with Gasteiger partial charge in [-0.15, -0.1) is 0 Å². The van der Waals surface area contributed by atoms with Crippen molar-refractivity contribution in [2.24, 2.45) is 0 Å². The van der Waals surface area contributed by atoms with Crippen LogP contribution in [0.15, 0.2) is 4.42 Å². The number of nitrogens with one attached hydrogen (secondary N) is 1. The summed E-state index contributed by atoms with van der Waals surface area (Å²) in [4.78, 5) is 3.57. The van der Waals surface area contributed by atoms with Crippen LogP contribution in [0, 0.1) is 6.92 Å². The van der Waals surface area contributed by atoms with E-state index in [1.165, 1.54) is 6.92 Å². The topological polar surface area (TPSA) is 38.1 Å². The van der Waals surface area contributed by atoms with Crippen LogP contribution in [0.5, 0.6) is 0 Å². The van der Waals surface area contributed by atoms with Crippen molar-refractivity contribution < 1.29 is 17.6 Å². The molecule has 1 N–H and O–H groups in total. The van der Waals surface area contributed by atoms with E-state index < -0.39 is 11.9 Å². The van der Waals surface area contributed by atoms with Gasteiger partial charge in [-0.25, -0.2) is 4.98 Å². The standard InChI is InChI=1S/C10H13F3N2O/c1-6-8(10(11,12)13)15-9(16-6)7-3-2-4-14-5-7/h7,14H,2-5H2,1H3. The number of piperidine rings is 1. The van der Waals surface area contributed by atoms with E-state index in [1.807, 2.05) is 0 Å². The lowest BCUT2D eigenvalue weighted by Gasteiger charge is -2.19. The molecule has 1 unspecified atom stereocenters. The first kappa shape index (κ1) is 11.4. The molecule has 16 heavy (non-hydrogen) atoms.